The zero-order valence-electron chi connectivity index (χ0n) is 10.9. The minimum absolute atomic E-state index is 0.522. The number of hydrogen-bond acceptors (Lipinski definition) is 2. The Morgan fingerprint density at radius 2 is 2.12 bits per heavy atom. The lowest BCUT2D eigenvalue weighted by Gasteiger charge is -2.39. The molecule has 2 heterocycles. The standard InChI is InChI=1S/C14H21ClN2/c1-10(2)17-9-5-4-6-13(17)12-7-8-14(15)16-11(12)3/h7-8,10,13H,4-6,9H2,1-3H3/t13-/m1/s1. The van der Waals surface area contributed by atoms with Crippen LogP contribution in [-0.2, 0) is 0 Å². The van der Waals surface area contributed by atoms with Gasteiger partial charge in [0.05, 0.1) is 0 Å². The fourth-order valence-corrected chi connectivity index (χ4v) is 2.99. The van der Waals surface area contributed by atoms with E-state index in [9.17, 15) is 0 Å². The van der Waals surface area contributed by atoms with E-state index in [0.29, 0.717) is 17.2 Å². The van der Waals surface area contributed by atoms with Crippen LogP contribution in [0.5, 0.6) is 0 Å². The smallest absolute Gasteiger partial charge is 0.129 e. The average molecular weight is 253 g/mol. The van der Waals surface area contributed by atoms with Crippen LogP contribution < -0.4 is 0 Å². The molecule has 1 aromatic rings. The van der Waals surface area contributed by atoms with Crippen LogP contribution in [0.1, 0.15) is 50.4 Å². The second-order valence-corrected chi connectivity index (χ2v) is 5.54. The van der Waals surface area contributed by atoms with Crippen LogP contribution in [0, 0.1) is 6.92 Å². The summed E-state index contributed by atoms with van der Waals surface area (Å²) in [4.78, 5) is 6.97. The van der Waals surface area contributed by atoms with Crippen molar-refractivity contribution in [2.45, 2.75) is 52.1 Å². The molecular weight excluding hydrogens is 232 g/mol. The monoisotopic (exact) mass is 252 g/mol. The highest BCUT2D eigenvalue weighted by atomic mass is 35.5. The van der Waals surface area contributed by atoms with Gasteiger partial charge in [-0.15, -0.1) is 0 Å². The van der Waals surface area contributed by atoms with Crippen molar-refractivity contribution in [3.63, 3.8) is 0 Å². The highest BCUT2D eigenvalue weighted by molar-refractivity contribution is 6.29. The summed E-state index contributed by atoms with van der Waals surface area (Å²) in [5, 5.41) is 0.596. The third-order valence-electron chi connectivity index (χ3n) is 3.66. The summed E-state index contributed by atoms with van der Waals surface area (Å²) >= 11 is 5.93. The van der Waals surface area contributed by atoms with E-state index >= 15 is 0 Å². The van der Waals surface area contributed by atoms with Gasteiger partial charge in [0, 0.05) is 17.8 Å². The zero-order valence-corrected chi connectivity index (χ0v) is 11.7. The summed E-state index contributed by atoms with van der Waals surface area (Å²) in [6, 6.07) is 5.18. The Balaban J connectivity index is 2.29. The molecule has 0 radical (unpaired) electrons. The van der Waals surface area contributed by atoms with Crippen molar-refractivity contribution in [1.29, 1.82) is 0 Å². The lowest BCUT2D eigenvalue weighted by Crippen LogP contribution is -2.38. The van der Waals surface area contributed by atoms with E-state index in [-0.39, 0.29) is 0 Å². The van der Waals surface area contributed by atoms with Gasteiger partial charge in [-0.2, -0.15) is 0 Å². The van der Waals surface area contributed by atoms with Crippen LogP contribution in [0.25, 0.3) is 0 Å². The lowest BCUT2D eigenvalue weighted by atomic mass is 9.93. The van der Waals surface area contributed by atoms with E-state index in [1.165, 1.54) is 31.4 Å². The van der Waals surface area contributed by atoms with Gasteiger partial charge in [0.1, 0.15) is 5.15 Å². The summed E-state index contributed by atoms with van der Waals surface area (Å²) in [5.41, 5.74) is 2.43. The number of nitrogens with zero attached hydrogens (tertiary/aromatic N) is 2. The average Bonchev–Trinajstić information content (AvgIpc) is 2.29. The minimum atomic E-state index is 0.522. The molecule has 0 saturated carbocycles. The van der Waals surface area contributed by atoms with Gasteiger partial charge in [-0.3, -0.25) is 4.90 Å². The first kappa shape index (κ1) is 12.8. The second-order valence-electron chi connectivity index (χ2n) is 5.15. The predicted octanol–water partition coefficient (Wildman–Crippen LogP) is 3.98. The first-order chi connectivity index (χ1) is 8.09. The lowest BCUT2D eigenvalue weighted by molar-refractivity contribution is 0.111. The van der Waals surface area contributed by atoms with Gasteiger partial charge < -0.3 is 0 Å². The molecule has 2 nitrogen and oxygen atoms in total. The summed E-state index contributed by atoms with van der Waals surface area (Å²) in [5.74, 6) is 0. The van der Waals surface area contributed by atoms with Crippen LogP contribution in [0.3, 0.4) is 0 Å². The van der Waals surface area contributed by atoms with Gasteiger partial charge >= 0.3 is 0 Å². The zero-order chi connectivity index (χ0) is 12.4. The number of likely N-dealkylation sites (tertiary alicyclic amines) is 1. The summed E-state index contributed by atoms with van der Waals surface area (Å²) in [6.45, 7) is 7.81. The Morgan fingerprint density at radius 3 is 2.76 bits per heavy atom. The Hall–Kier alpha value is -0.600. The SMILES string of the molecule is Cc1nc(Cl)ccc1[C@H]1CCCCN1C(C)C. The molecule has 1 saturated heterocycles. The number of aryl methyl sites for hydroxylation is 1. The molecule has 0 bridgehead atoms. The second kappa shape index (κ2) is 5.36. The van der Waals surface area contributed by atoms with Gasteiger partial charge in [0.15, 0.2) is 0 Å². The van der Waals surface area contributed by atoms with Crippen LogP contribution in [0.15, 0.2) is 12.1 Å². The van der Waals surface area contributed by atoms with Gasteiger partial charge in [-0.05, 0) is 51.8 Å². The van der Waals surface area contributed by atoms with Crippen molar-refractivity contribution in [3.8, 4) is 0 Å². The molecule has 0 spiro atoms. The molecule has 94 valence electrons. The highest BCUT2D eigenvalue weighted by Gasteiger charge is 2.27. The Labute approximate surface area is 109 Å². The summed E-state index contributed by atoms with van der Waals surface area (Å²) in [7, 11) is 0. The van der Waals surface area contributed by atoms with Crippen LogP contribution in [0.4, 0.5) is 0 Å². The first-order valence-corrected chi connectivity index (χ1v) is 6.86. The maximum absolute atomic E-state index is 5.93. The number of halogens is 1. The first-order valence-electron chi connectivity index (χ1n) is 6.48. The molecule has 1 aromatic heterocycles. The molecular formula is C14H21ClN2. The molecule has 0 unspecified atom stereocenters. The summed E-state index contributed by atoms with van der Waals surface area (Å²) in [6.07, 6.45) is 3.87. The molecule has 17 heavy (non-hydrogen) atoms. The molecule has 1 aliphatic rings. The number of pyridine rings is 1. The van der Waals surface area contributed by atoms with Crippen LogP contribution in [-0.4, -0.2) is 22.5 Å². The van der Waals surface area contributed by atoms with Gasteiger partial charge in [0.2, 0.25) is 0 Å². The van der Waals surface area contributed by atoms with Crippen molar-refractivity contribution in [1.82, 2.24) is 9.88 Å². The van der Waals surface area contributed by atoms with E-state index in [1.54, 1.807) is 0 Å². The van der Waals surface area contributed by atoms with Gasteiger partial charge in [0.25, 0.3) is 0 Å². The molecule has 0 N–H and O–H groups in total. The fraction of sp³-hybridized carbons (Fsp3) is 0.643. The van der Waals surface area contributed by atoms with Crippen molar-refractivity contribution in [2.24, 2.45) is 0 Å². The molecule has 2 rings (SSSR count). The molecule has 0 amide bonds. The molecule has 0 aromatic carbocycles. The third kappa shape index (κ3) is 2.80. The van der Waals surface area contributed by atoms with E-state index in [2.05, 4.69) is 36.7 Å². The maximum Gasteiger partial charge on any atom is 0.129 e. The third-order valence-corrected chi connectivity index (χ3v) is 3.87. The van der Waals surface area contributed by atoms with E-state index < -0.39 is 0 Å². The number of piperidine rings is 1. The molecule has 1 fully saturated rings. The van der Waals surface area contributed by atoms with E-state index in [4.69, 9.17) is 11.6 Å². The number of rotatable bonds is 2. The van der Waals surface area contributed by atoms with Gasteiger partial charge in [-0.25, -0.2) is 4.98 Å². The highest BCUT2D eigenvalue weighted by Crippen LogP contribution is 2.33. The summed E-state index contributed by atoms with van der Waals surface area (Å²) < 4.78 is 0. The van der Waals surface area contributed by atoms with Gasteiger partial charge in [-0.1, -0.05) is 24.1 Å². The normalized spacial score (nSPS) is 22.1. The van der Waals surface area contributed by atoms with Crippen LogP contribution in [0.2, 0.25) is 5.15 Å². The predicted molar refractivity (Wildman–Crippen MR) is 72.4 cm³/mol. The number of hydrogen-bond donors (Lipinski definition) is 0. The molecule has 3 heteroatoms. The van der Waals surface area contributed by atoms with E-state index in [1.807, 2.05) is 6.07 Å². The topological polar surface area (TPSA) is 16.1 Å². The minimum Gasteiger partial charge on any atom is -0.294 e. The Kier molecular flexibility index (Phi) is 4.05. The van der Waals surface area contributed by atoms with Crippen molar-refractivity contribution in [3.05, 3.63) is 28.5 Å². The van der Waals surface area contributed by atoms with Crippen LogP contribution >= 0.6 is 11.6 Å². The molecule has 1 atom stereocenters. The Morgan fingerprint density at radius 1 is 1.35 bits per heavy atom. The largest absolute Gasteiger partial charge is 0.294 e. The molecule has 0 aliphatic carbocycles. The molecule has 1 aliphatic heterocycles. The van der Waals surface area contributed by atoms with Crippen molar-refractivity contribution < 1.29 is 0 Å². The number of aromatic nitrogens is 1. The van der Waals surface area contributed by atoms with E-state index in [0.717, 1.165) is 5.69 Å². The fourth-order valence-electron chi connectivity index (χ4n) is 2.80. The van der Waals surface area contributed by atoms with Crippen molar-refractivity contribution in [2.75, 3.05) is 6.54 Å². The van der Waals surface area contributed by atoms with Crippen molar-refractivity contribution >= 4 is 11.6 Å². The quantitative estimate of drug-likeness (QED) is 0.741. The Bertz CT molecular complexity index is 390. The maximum atomic E-state index is 5.93.